The summed E-state index contributed by atoms with van der Waals surface area (Å²) in [4.78, 5) is 78.3. The van der Waals surface area contributed by atoms with Crippen LogP contribution in [0.5, 0.6) is 5.75 Å². The highest BCUT2D eigenvalue weighted by Gasteiger charge is 2.63. The Morgan fingerprint density at radius 2 is 1.69 bits per heavy atom. The molecule has 0 unspecified atom stereocenters. The summed E-state index contributed by atoms with van der Waals surface area (Å²) < 4.78 is 39.1. The zero-order valence-corrected chi connectivity index (χ0v) is 34.4. The molecule has 0 bridgehead atoms. The van der Waals surface area contributed by atoms with E-state index in [0.717, 1.165) is 50.5 Å². The Balaban J connectivity index is 1.05. The van der Waals surface area contributed by atoms with Gasteiger partial charge < -0.3 is 29.9 Å². The lowest BCUT2D eigenvalue weighted by Crippen LogP contribution is -2.60. The predicted octanol–water partition coefficient (Wildman–Crippen LogP) is 4.15. The maximum atomic E-state index is 14.7. The fourth-order valence-corrected chi connectivity index (χ4v) is 11.3. The van der Waals surface area contributed by atoms with Crippen LogP contribution in [0.25, 0.3) is 11.3 Å². The fourth-order valence-electron chi connectivity index (χ4n) is 9.15. The highest BCUT2D eigenvalue weighted by atomic mass is 32.2. The van der Waals surface area contributed by atoms with Gasteiger partial charge in [-0.15, -0.1) is 11.3 Å². The molecule has 6 atom stereocenters. The normalized spacial score (nSPS) is 29.8. The van der Waals surface area contributed by atoms with Gasteiger partial charge >= 0.3 is 6.09 Å². The molecule has 3 N–H and O–H groups in total. The first-order valence-corrected chi connectivity index (χ1v) is 23.1. The maximum Gasteiger partial charge on any atom is 0.408 e. The molecule has 4 heterocycles. The Morgan fingerprint density at radius 1 is 0.948 bits per heavy atom. The van der Waals surface area contributed by atoms with Gasteiger partial charge in [0.1, 0.15) is 29.5 Å². The van der Waals surface area contributed by atoms with Gasteiger partial charge in [-0.1, -0.05) is 31.4 Å². The third-order valence-electron chi connectivity index (χ3n) is 12.7. The van der Waals surface area contributed by atoms with Crippen molar-refractivity contribution < 1.29 is 41.9 Å². The quantitative estimate of drug-likeness (QED) is 0.326. The molecular weight excluding hydrogens is 785 g/mol. The summed E-state index contributed by atoms with van der Waals surface area (Å²) >= 11 is 1.23. The first-order valence-electron chi connectivity index (χ1n) is 20.7. The lowest BCUT2D eigenvalue weighted by Gasteiger charge is -2.33. The molecule has 312 valence electrons. The molecule has 5 fully saturated rings. The molecule has 0 spiro atoms. The van der Waals surface area contributed by atoms with E-state index in [2.05, 4.69) is 20.3 Å². The number of sulfonamides is 1. The van der Waals surface area contributed by atoms with Gasteiger partial charge in [0.25, 0.3) is 11.8 Å². The monoisotopic (exact) mass is 836 g/mol. The molecule has 17 heteroatoms. The number of alkyl carbamates (subject to hydrolysis) is 1. The summed E-state index contributed by atoms with van der Waals surface area (Å²) in [5, 5.41) is 7.27. The van der Waals surface area contributed by atoms with Gasteiger partial charge in [-0.25, -0.2) is 18.2 Å². The number of ether oxygens (including phenoxy) is 2. The number of carbonyl (C=O) groups is 5. The fraction of sp³-hybridized carbons (Fsp3) is 0.610. The van der Waals surface area contributed by atoms with E-state index in [1.807, 2.05) is 41.8 Å². The minimum atomic E-state index is -3.91. The van der Waals surface area contributed by atoms with Crippen LogP contribution in [0.15, 0.2) is 41.8 Å². The molecule has 1 aromatic heterocycles. The summed E-state index contributed by atoms with van der Waals surface area (Å²) in [6.07, 6.45) is 12.0. The van der Waals surface area contributed by atoms with Crippen molar-refractivity contribution in [1.29, 1.82) is 0 Å². The van der Waals surface area contributed by atoms with Crippen molar-refractivity contribution in [2.45, 2.75) is 112 Å². The van der Waals surface area contributed by atoms with Crippen LogP contribution in [0.2, 0.25) is 0 Å². The molecule has 3 aliphatic heterocycles. The van der Waals surface area contributed by atoms with Crippen LogP contribution in [-0.2, 0) is 29.1 Å². The number of nitrogens with one attached hydrogen (secondary N) is 3. The van der Waals surface area contributed by atoms with Crippen LogP contribution in [0.1, 0.15) is 93.3 Å². The Kier molecular flexibility index (Phi) is 11.5. The first kappa shape index (κ1) is 40.3. The van der Waals surface area contributed by atoms with E-state index < -0.39 is 68.5 Å². The Bertz CT molecular complexity index is 2050. The number of hydrogen-bond donors (Lipinski definition) is 3. The lowest BCUT2D eigenvalue weighted by atomic mass is 9.93. The number of benzene rings is 1. The van der Waals surface area contributed by atoms with Crippen molar-refractivity contribution in [2.24, 2.45) is 17.8 Å². The van der Waals surface area contributed by atoms with Gasteiger partial charge in [0, 0.05) is 48.3 Å². The molecule has 0 radical (unpaired) electrons. The van der Waals surface area contributed by atoms with E-state index in [0.29, 0.717) is 48.6 Å². The van der Waals surface area contributed by atoms with Crippen LogP contribution < -0.4 is 20.1 Å². The van der Waals surface area contributed by atoms with E-state index in [1.54, 1.807) is 12.0 Å². The highest BCUT2D eigenvalue weighted by Crippen LogP contribution is 2.47. The number of aromatic nitrogens is 1. The van der Waals surface area contributed by atoms with Crippen molar-refractivity contribution >= 4 is 51.1 Å². The Labute approximate surface area is 342 Å². The number of rotatable bonds is 8. The largest absolute Gasteiger partial charge is 0.497 e. The molecule has 8 rings (SSSR count). The second kappa shape index (κ2) is 16.6. The van der Waals surface area contributed by atoms with Crippen LogP contribution in [-0.4, -0.2) is 109 Å². The average Bonchev–Trinajstić information content (AvgIpc) is 4.04. The molecule has 2 saturated heterocycles. The summed E-state index contributed by atoms with van der Waals surface area (Å²) in [5.74, 6) is -2.61. The van der Waals surface area contributed by atoms with Crippen molar-refractivity contribution in [1.82, 2.24) is 30.1 Å². The van der Waals surface area contributed by atoms with Crippen LogP contribution in [0.4, 0.5) is 4.79 Å². The molecule has 58 heavy (non-hydrogen) atoms. The number of methoxy groups -OCH3 is 1. The molecule has 3 saturated carbocycles. The number of amides is 5. The molecule has 2 aromatic rings. The Hall–Kier alpha value is -4.51. The summed E-state index contributed by atoms with van der Waals surface area (Å²) in [6, 6.07) is 5.33. The SMILES string of the molecule is COc1ccc(-c2csc(C(=O)N3C[C@H]4CN5C(=O)[C@@H](NC(=O)OC6CCCCC6)CCCCC/C=C\[C@H]6C[C@@]6(C(=O)NS(=O)(=O)C6CC6)NC(=O)[C@@H]5[C@H]4C3)n2)cc1. The molecule has 3 aliphatic carbocycles. The molecule has 6 aliphatic rings. The van der Waals surface area contributed by atoms with Gasteiger partial charge in [-0.2, -0.15) is 0 Å². The number of nitrogens with zero attached hydrogens (tertiary/aromatic N) is 3. The number of allylic oxidation sites excluding steroid dienone is 1. The number of likely N-dealkylation sites (tertiary alicyclic amines) is 1. The maximum absolute atomic E-state index is 14.7. The third kappa shape index (κ3) is 8.47. The van der Waals surface area contributed by atoms with Crippen molar-refractivity contribution in [2.75, 3.05) is 26.7 Å². The van der Waals surface area contributed by atoms with Crippen LogP contribution in [0.3, 0.4) is 0 Å². The van der Waals surface area contributed by atoms with E-state index in [-0.39, 0.29) is 44.0 Å². The average molecular weight is 837 g/mol. The highest BCUT2D eigenvalue weighted by molar-refractivity contribution is 7.91. The van der Waals surface area contributed by atoms with Crippen molar-refractivity contribution in [3.05, 3.63) is 46.8 Å². The van der Waals surface area contributed by atoms with Gasteiger partial charge in [0.15, 0.2) is 5.01 Å². The van der Waals surface area contributed by atoms with Crippen molar-refractivity contribution in [3.8, 4) is 17.0 Å². The van der Waals surface area contributed by atoms with E-state index in [9.17, 15) is 32.4 Å². The molecule has 5 amide bonds. The first-order chi connectivity index (χ1) is 28.0. The molecular formula is C41H52N6O9S2. The van der Waals surface area contributed by atoms with Crippen LogP contribution in [0, 0.1) is 17.8 Å². The number of thiazole rings is 1. The van der Waals surface area contributed by atoms with Gasteiger partial charge in [0.05, 0.1) is 18.1 Å². The van der Waals surface area contributed by atoms with Gasteiger partial charge in [-0.05, 0) is 88.5 Å². The summed E-state index contributed by atoms with van der Waals surface area (Å²) in [5.41, 5.74) is -0.0385. The number of fused-ring (bicyclic) bond motifs is 4. The molecule has 15 nitrogen and oxygen atoms in total. The third-order valence-corrected chi connectivity index (χ3v) is 15.3. The van der Waals surface area contributed by atoms with Gasteiger partial charge in [0.2, 0.25) is 21.8 Å². The summed E-state index contributed by atoms with van der Waals surface area (Å²) in [6.45, 7) is 0.574. The van der Waals surface area contributed by atoms with E-state index in [1.165, 1.54) is 16.2 Å². The summed E-state index contributed by atoms with van der Waals surface area (Å²) in [7, 11) is -2.32. The zero-order valence-electron chi connectivity index (χ0n) is 32.7. The van der Waals surface area contributed by atoms with Gasteiger partial charge in [-0.3, -0.25) is 23.9 Å². The minimum absolute atomic E-state index is 0.148. The lowest BCUT2D eigenvalue weighted by molar-refractivity contribution is -0.142. The molecule has 1 aromatic carbocycles. The van der Waals surface area contributed by atoms with E-state index >= 15 is 0 Å². The Morgan fingerprint density at radius 3 is 2.43 bits per heavy atom. The second-order valence-corrected chi connectivity index (χ2v) is 19.5. The topological polar surface area (TPSA) is 193 Å². The van der Waals surface area contributed by atoms with Crippen molar-refractivity contribution in [3.63, 3.8) is 0 Å². The van der Waals surface area contributed by atoms with E-state index in [4.69, 9.17) is 9.47 Å². The number of carbonyl (C=O) groups excluding carboxylic acids is 5. The smallest absolute Gasteiger partial charge is 0.408 e. The van der Waals surface area contributed by atoms with Crippen LogP contribution >= 0.6 is 11.3 Å². The number of hydrogen-bond acceptors (Lipinski definition) is 11. The minimum Gasteiger partial charge on any atom is -0.497 e. The predicted molar refractivity (Wildman–Crippen MR) is 214 cm³/mol. The standard InChI is InChI=1S/C41H52N6O9S2/c1-55-28-16-14-25(15-17-28)33-24-57-36(42-33)38(50)46-21-26-22-47-34(31(26)23-46)35(48)44-41(39(51)45-58(53,54)30-18-19-30)20-27(41)10-6-3-2-4-9-13-32(37(47)49)43-40(52)56-29-11-7-5-8-12-29/h6,10,14-17,24,26-27,29-32,34H,2-5,7-9,11-13,18-23H2,1H3,(H,43,52)(H,44,48)(H,45,51)/b10-6-/t26-,27-,31-,32-,34-,41+/m0/s1. The second-order valence-electron chi connectivity index (χ2n) is 16.7. The zero-order chi connectivity index (χ0) is 40.6.